The summed E-state index contributed by atoms with van der Waals surface area (Å²) in [7, 11) is 0. The molecule has 16 heavy (non-hydrogen) atoms. The summed E-state index contributed by atoms with van der Waals surface area (Å²) < 4.78 is 0. The van der Waals surface area contributed by atoms with Crippen LogP contribution in [0.15, 0.2) is 42.5 Å². The van der Waals surface area contributed by atoms with Gasteiger partial charge in [-0.3, -0.25) is 4.90 Å². The molecule has 0 radical (unpaired) electrons. The smallest absolute Gasteiger partial charge is 0.0233 e. The van der Waals surface area contributed by atoms with Crippen molar-refractivity contribution in [1.82, 2.24) is 4.90 Å². The summed E-state index contributed by atoms with van der Waals surface area (Å²) in [5.41, 5.74) is 2.93. The van der Waals surface area contributed by atoms with E-state index in [1.165, 1.54) is 37.1 Å². The van der Waals surface area contributed by atoms with E-state index in [2.05, 4.69) is 41.8 Å². The minimum atomic E-state index is 0.899. The van der Waals surface area contributed by atoms with Crippen LogP contribution in [-0.4, -0.2) is 18.0 Å². The first kappa shape index (κ1) is 10.1. The van der Waals surface area contributed by atoms with Crippen molar-refractivity contribution >= 4 is 0 Å². The number of rotatable bonds is 2. The highest BCUT2D eigenvalue weighted by Gasteiger charge is 2.37. The second-order valence-corrected chi connectivity index (χ2v) is 5.36. The van der Waals surface area contributed by atoms with E-state index in [1.807, 2.05) is 0 Å². The number of benzene rings is 1. The van der Waals surface area contributed by atoms with Crippen molar-refractivity contribution in [3.63, 3.8) is 0 Å². The second-order valence-electron chi connectivity index (χ2n) is 5.36. The molecule has 1 aromatic rings. The van der Waals surface area contributed by atoms with Crippen LogP contribution in [0, 0.1) is 11.8 Å². The van der Waals surface area contributed by atoms with Crippen LogP contribution in [0.5, 0.6) is 0 Å². The zero-order valence-electron chi connectivity index (χ0n) is 9.73. The summed E-state index contributed by atoms with van der Waals surface area (Å²) in [6.07, 6.45) is 2.55. The van der Waals surface area contributed by atoms with Gasteiger partial charge >= 0.3 is 0 Å². The summed E-state index contributed by atoms with van der Waals surface area (Å²) in [6, 6.07) is 10.8. The molecule has 2 atom stereocenters. The molecular weight excluding hydrogens is 194 g/mol. The van der Waals surface area contributed by atoms with Crippen molar-refractivity contribution in [2.24, 2.45) is 11.8 Å². The fraction of sp³-hybridized carbons (Fsp3) is 0.467. The second kappa shape index (κ2) is 4.06. The number of hydrogen-bond acceptors (Lipinski definition) is 1. The van der Waals surface area contributed by atoms with E-state index in [4.69, 9.17) is 0 Å². The molecular formula is C15H19N. The van der Waals surface area contributed by atoms with Gasteiger partial charge in [-0.2, -0.15) is 0 Å². The topological polar surface area (TPSA) is 3.24 Å². The Hall–Kier alpha value is -1.08. The van der Waals surface area contributed by atoms with Crippen LogP contribution in [0.2, 0.25) is 0 Å². The summed E-state index contributed by atoms with van der Waals surface area (Å²) >= 11 is 0. The minimum absolute atomic E-state index is 0.899. The van der Waals surface area contributed by atoms with Crippen molar-refractivity contribution in [2.75, 3.05) is 13.1 Å². The monoisotopic (exact) mass is 213 g/mol. The molecule has 2 fully saturated rings. The molecule has 1 aliphatic heterocycles. The fourth-order valence-corrected chi connectivity index (χ4v) is 3.29. The molecule has 0 spiro atoms. The quantitative estimate of drug-likeness (QED) is 0.682. The van der Waals surface area contributed by atoms with Gasteiger partial charge in [0.25, 0.3) is 0 Å². The predicted octanol–water partition coefficient (Wildman–Crippen LogP) is 3.08. The van der Waals surface area contributed by atoms with Gasteiger partial charge in [0.15, 0.2) is 0 Å². The third kappa shape index (κ3) is 1.92. The molecule has 0 bridgehead atoms. The molecule has 0 amide bonds. The van der Waals surface area contributed by atoms with Gasteiger partial charge in [-0.15, -0.1) is 0 Å². The summed E-state index contributed by atoms with van der Waals surface area (Å²) in [5, 5.41) is 0. The Labute approximate surface area is 97.8 Å². The van der Waals surface area contributed by atoms with Crippen LogP contribution in [-0.2, 0) is 6.54 Å². The highest BCUT2D eigenvalue weighted by atomic mass is 15.2. The zero-order chi connectivity index (χ0) is 11.0. The van der Waals surface area contributed by atoms with Gasteiger partial charge in [-0.05, 0) is 30.2 Å². The Bertz CT molecular complexity index is 366. The lowest BCUT2D eigenvalue weighted by molar-refractivity contribution is 0.309. The number of hydrogen-bond donors (Lipinski definition) is 0. The van der Waals surface area contributed by atoms with E-state index < -0.39 is 0 Å². The molecule has 1 aromatic carbocycles. The lowest BCUT2D eigenvalue weighted by Gasteiger charge is -2.16. The lowest BCUT2D eigenvalue weighted by Crippen LogP contribution is -2.21. The van der Waals surface area contributed by atoms with Gasteiger partial charge in [0.1, 0.15) is 0 Å². The van der Waals surface area contributed by atoms with E-state index in [9.17, 15) is 0 Å². The largest absolute Gasteiger partial charge is 0.298 e. The summed E-state index contributed by atoms with van der Waals surface area (Å²) in [5.74, 6) is 1.80. The number of allylic oxidation sites excluding steroid dienone is 1. The van der Waals surface area contributed by atoms with Crippen molar-refractivity contribution in [2.45, 2.75) is 19.4 Å². The molecule has 0 aromatic heterocycles. The molecule has 1 saturated heterocycles. The predicted molar refractivity (Wildman–Crippen MR) is 67.1 cm³/mol. The van der Waals surface area contributed by atoms with Gasteiger partial charge in [0.2, 0.25) is 0 Å². The van der Waals surface area contributed by atoms with Crippen LogP contribution in [0.25, 0.3) is 0 Å². The first-order valence-corrected chi connectivity index (χ1v) is 6.24. The first-order valence-electron chi connectivity index (χ1n) is 6.24. The van der Waals surface area contributed by atoms with Gasteiger partial charge in [-0.1, -0.05) is 42.5 Å². The molecule has 1 heteroatoms. The average Bonchev–Trinajstić information content (AvgIpc) is 2.76. The van der Waals surface area contributed by atoms with Crippen molar-refractivity contribution in [3.05, 3.63) is 48.0 Å². The van der Waals surface area contributed by atoms with E-state index in [1.54, 1.807) is 0 Å². The summed E-state index contributed by atoms with van der Waals surface area (Å²) in [6.45, 7) is 7.81. The van der Waals surface area contributed by atoms with Gasteiger partial charge in [-0.25, -0.2) is 0 Å². The van der Waals surface area contributed by atoms with Crippen LogP contribution in [0.4, 0.5) is 0 Å². The van der Waals surface area contributed by atoms with Crippen LogP contribution >= 0.6 is 0 Å². The number of fused-ring (bicyclic) bond motifs is 1. The molecule has 0 unspecified atom stereocenters. The lowest BCUT2D eigenvalue weighted by atomic mass is 10.0. The molecule has 1 nitrogen and oxygen atoms in total. The average molecular weight is 213 g/mol. The Kier molecular flexibility index (Phi) is 2.56. The Morgan fingerprint density at radius 1 is 1.06 bits per heavy atom. The van der Waals surface area contributed by atoms with E-state index >= 15 is 0 Å². The maximum Gasteiger partial charge on any atom is 0.0233 e. The minimum Gasteiger partial charge on any atom is -0.298 e. The van der Waals surface area contributed by atoms with Crippen molar-refractivity contribution in [3.8, 4) is 0 Å². The van der Waals surface area contributed by atoms with E-state index in [0.29, 0.717) is 0 Å². The Balaban J connectivity index is 1.62. The standard InChI is InChI=1S/C15H19N/c1-12-7-14-10-16(11-15(14)8-12)9-13-5-3-2-4-6-13/h2-6,14-15H,1,7-11H2/t14-,15+. The molecule has 1 aliphatic carbocycles. The van der Waals surface area contributed by atoms with Gasteiger partial charge in [0.05, 0.1) is 0 Å². The fourth-order valence-electron chi connectivity index (χ4n) is 3.29. The maximum absolute atomic E-state index is 4.13. The Morgan fingerprint density at radius 3 is 2.31 bits per heavy atom. The normalized spacial score (nSPS) is 29.6. The third-order valence-electron chi connectivity index (χ3n) is 4.00. The summed E-state index contributed by atoms with van der Waals surface area (Å²) in [4.78, 5) is 2.61. The number of likely N-dealkylation sites (tertiary alicyclic amines) is 1. The van der Waals surface area contributed by atoms with Gasteiger partial charge in [0, 0.05) is 19.6 Å². The molecule has 2 aliphatic rings. The number of nitrogens with zero attached hydrogens (tertiary/aromatic N) is 1. The van der Waals surface area contributed by atoms with Crippen LogP contribution in [0.3, 0.4) is 0 Å². The van der Waals surface area contributed by atoms with Crippen LogP contribution < -0.4 is 0 Å². The van der Waals surface area contributed by atoms with E-state index in [-0.39, 0.29) is 0 Å². The van der Waals surface area contributed by atoms with Gasteiger partial charge < -0.3 is 0 Å². The zero-order valence-corrected chi connectivity index (χ0v) is 9.73. The Morgan fingerprint density at radius 2 is 1.69 bits per heavy atom. The first-order chi connectivity index (χ1) is 7.81. The molecule has 84 valence electrons. The van der Waals surface area contributed by atoms with Crippen LogP contribution in [0.1, 0.15) is 18.4 Å². The third-order valence-corrected chi connectivity index (χ3v) is 4.00. The highest BCUT2D eigenvalue weighted by Crippen LogP contribution is 2.40. The molecule has 1 saturated carbocycles. The molecule has 1 heterocycles. The SMILES string of the molecule is C=C1C[C@@H]2CN(Cc3ccccc3)C[C@@H]2C1. The highest BCUT2D eigenvalue weighted by molar-refractivity contribution is 5.16. The van der Waals surface area contributed by atoms with Crippen molar-refractivity contribution < 1.29 is 0 Å². The molecule has 3 rings (SSSR count). The van der Waals surface area contributed by atoms with E-state index in [0.717, 1.165) is 18.4 Å². The van der Waals surface area contributed by atoms with Crippen molar-refractivity contribution in [1.29, 1.82) is 0 Å². The molecule has 0 N–H and O–H groups in total. The maximum atomic E-state index is 4.13.